The number of halogens is 3. The lowest BCUT2D eigenvalue weighted by Crippen LogP contribution is -2.49. The van der Waals surface area contributed by atoms with Crippen molar-refractivity contribution in [2.75, 3.05) is 33.3 Å². The maximum absolute atomic E-state index is 13.3. The van der Waals surface area contributed by atoms with Crippen LogP contribution in [-0.2, 0) is 10.9 Å². The summed E-state index contributed by atoms with van der Waals surface area (Å²) in [4.78, 5) is 2.05. The van der Waals surface area contributed by atoms with Gasteiger partial charge in [0.1, 0.15) is 0 Å². The Hall–Kier alpha value is -1.11. The number of likely N-dealkylation sites (N-methyl/N-ethyl adjacent to an activating group) is 2. The number of hydrogen-bond acceptors (Lipinski definition) is 3. The van der Waals surface area contributed by atoms with Gasteiger partial charge in [-0.1, -0.05) is 25.1 Å². The van der Waals surface area contributed by atoms with Gasteiger partial charge in [-0.3, -0.25) is 4.90 Å². The third kappa shape index (κ3) is 3.56. The van der Waals surface area contributed by atoms with E-state index in [0.29, 0.717) is 31.8 Å². The van der Waals surface area contributed by atoms with E-state index in [1.165, 1.54) is 6.07 Å². The summed E-state index contributed by atoms with van der Waals surface area (Å²) in [7, 11) is 1.78. The molecule has 0 spiro atoms. The van der Waals surface area contributed by atoms with E-state index >= 15 is 0 Å². The Morgan fingerprint density at radius 2 is 2.05 bits per heavy atom. The van der Waals surface area contributed by atoms with Crippen LogP contribution in [0.2, 0.25) is 0 Å². The first-order valence-electron chi connectivity index (χ1n) is 7.15. The van der Waals surface area contributed by atoms with E-state index in [0.717, 1.165) is 6.07 Å². The van der Waals surface area contributed by atoms with Gasteiger partial charge in [0.25, 0.3) is 0 Å². The summed E-state index contributed by atoms with van der Waals surface area (Å²) in [5.41, 5.74) is -0.271. The van der Waals surface area contributed by atoms with E-state index in [4.69, 9.17) is 4.74 Å². The first-order valence-corrected chi connectivity index (χ1v) is 7.15. The van der Waals surface area contributed by atoms with Crippen LogP contribution < -0.4 is 5.32 Å². The lowest BCUT2D eigenvalue weighted by molar-refractivity contribution is -0.140. The van der Waals surface area contributed by atoms with Crippen LogP contribution in [0.25, 0.3) is 0 Å². The Labute approximate surface area is 123 Å². The second kappa shape index (κ2) is 6.77. The smallest absolute Gasteiger partial charge is 0.374 e. The Balaban J connectivity index is 2.44. The molecule has 1 saturated heterocycles. The number of nitrogens with zero attached hydrogens (tertiary/aromatic N) is 1. The molecule has 0 bridgehead atoms. The lowest BCUT2D eigenvalue weighted by Gasteiger charge is -2.41. The third-order valence-electron chi connectivity index (χ3n) is 3.85. The minimum absolute atomic E-state index is 0.285. The zero-order valence-corrected chi connectivity index (χ0v) is 12.3. The van der Waals surface area contributed by atoms with E-state index in [1.54, 1.807) is 19.2 Å². The fourth-order valence-electron chi connectivity index (χ4n) is 2.92. The molecule has 0 aliphatic carbocycles. The highest BCUT2D eigenvalue weighted by Crippen LogP contribution is 2.38. The Bertz CT molecular complexity index is 462. The number of morpholine rings is 1. The maximum Gasteiger partial charge on any atom is 0.416 e. The molecule has 0 radical (unpaired) electrons. The van der Waals surface area contributed by atoms with Crippen molar-refractivity contribution in [2.24, 2.45) is 0 Å². The van der Waals surface area contributed by atoms with E-state index in [1.807, 2.05) is 6.92 Å². The largest absolute Gasteiger partial charge is 0.416 e. The molecule has 2 rings (SSSR count). The highest BCUT2D eigenvalue weighted by molar-refractivity contribution is 5.33. The monoisotopic (exact) mass is 302 g/mol. The molecule has 0 amide bonds. The van der Waals surface area contributed by atoms with Gasteiger partial charge in [0, 0.05) is 13.1 Å². The lowest BCUT2D eigenvalue weighted by atomic mass is 9.93. The fourth-order valence-corrected chi connectivity index (χ4v) is 2.92. The summed E-state index contributed by atoms with van der Waals surface area (Å²) in [6, 6.07) is 5.42. The molecular weight excluding hydrogens is 281 g/mol. The third-order valence-corrected chi connectivity index (χ3v) is 3.85. The minimum Gasteiger partial charge on any atom is -0.374 e. The van der Waals surface area contributed by atoms with Gasteiger partial charge < -0.3 is 10.1 Å². The molecule has 2 unspecified atom stereocenters. The minimum atomic E-state index is -4.35. The Morgan fingerprint density at radius 3 is 2.67 bits per heavy atom. The van der Waals surface area contributed by atoms with E-state index in [9.17, 15) is 13.2 Å². The second-order valence-corrected chi connectivity index (χ2v) is 5.13. The van der Waals surface area contributed by atoms with Crippen molar-refractivity contribution >= 4 is 0 Å². The van der Waals surface area contributed by atoms with Gasteiger partial charge in [0.05, 0.1) is 24.3 Å². The van der Waals surface area contributed by atoms with Gasteiger partial charge in [0.2, 0.25) is 0 Å². The molecular formula is C15H21F3N2O. The average Bonchev–Trinajstić information content (AvgIpc) is 2.46. The van der Waals surface area contributed by atoms with Crippen molar-refractivity contribution in [2.45, 2.75) is 25.2 Å². The van der Waals surface area contributed by atoms with Crippen molar-refractivity contribution in [3.8, 4) is 0 Å². The molecule has 1 fully saturated rings. The Kier molecular flexibility index (Phi) is 5.24. The van der Waals surface area contributed by atoms with Gasteiger partial charge in [0.15, 0.2) is 0 Å². The predicted octanol–water partition coefficient (Wildman–Crippen LogP) is 2.69. The predicted molar refractivity (Wildman–Crippen MR) is 75.1 cm³/mol. The summed E-state index contributed by atoms with van der Waals surface area (Å²) in [6.45, 7) is 4.37. The number of rotatable bonds is 4. The first-order chi connectivity index (χ1) is 9.99. The van der Waals surface area contributed by atoms with Crippen molar-refractivity contribution in [3.63, 3.8) is 0 Å². The van der Waals surface area contributed by atoms with Crippen LogP contribution >= 0.6 is 0 Å². The van der Waals surface area contributed by atoms with Crippen LogP contribution in [0.5, 0.6) is 0 Å². The van der Waals surface area contributed by atoms with E-state index in [2.05, 4.69) is 10.2 Å². The number of ether oxygens (including phenoxy) is 1. The standard InChI is InChI=1S/C15H21F3N2O/c1-3-20-8-9-21-13(10-19-2)14(20)11-6-4-5-7-12(11)15(16,17)18/h4-7,13-14,19H,3,8-10H2,1-2H3. The molecule has 1 N–H and O–H groups in total. The van der Waals surface area contributed by atoms with Crippen molar-refractivity contribution in [3.05, 3.63) is 35.4 Å². The van der Waals surface area contributed by atoms with Gasteiger partial charge >= 0.3 is 6.18 Å². The van der Waals surface area contributed by atoms with Crippen LogP contribution in [0.1, 0.15) is 24.1 Å². The molecule has 2 atom stereocenters. The molecule has 1 aromatic rings. The molecule has 1 aromatic carbocycles. The van der Waals surface area contributed by atoms with Crippen molar-refractivity contribution in [1.82, 2.24) is 10.2 Å². The van der Waals surface area contributed by atoms with Crippen LogP contribution in [0, 0.1) is 0 Å². The molecule has 1 heterocycles. The first kappa shape index (κ1) is 16.3. The van der Waals surface area contributed by atoms with Crippen LogP contribution in [0.4, 0.5) is 13.2 Å². The maximum atomic E-state index is 13.3. The molecule has 0 saturated carbocycles. The van der Waals surface area contributed by atoms with Crippen LogP contribution in [0.3, 0.4) is 0 Å². The topological polar surface area (TPSA) is 24.5 Å². The van der Waals surface area contributed by atoms with Crippen LogP contribution in [-0.4, -0.2) is 44.3 Å². The number of nitrogens with one attached hydrogen (secondary N) is 1. The van der Waals surface area contributed by atoms with E-state index < -0.39 is 11.7 Å². The molecule has 3 nitrogen and oxygen atoms in total. The van der Waals surface area contributed by atoms with Gasteiger partial charge in [-0.05, 0) is 25.2 Å². The second-order valence-electron chi connectivity index (χ2n) is 5.13. The summed E-state index contributed by atoms with van der Waals surface area (Å²) in [5.74, 6) is 0. The fraction of sp³-hybridized carbons (Fsp3) is 0.600. The number of benzene rings is 1. The number of hydrogen-bond donors (Lipinski definition) is 1. The molecule has 1 aliphatic heterocycles. The molecule has 0 aromatic heterocycles. The molecule has 21 heavy (non-hydrogen) atoms. The van der Waals surface area contributed by atoms with Gasteiger partial charge in [-0.15, -0.1) is 0 Å². The molecule has 6 heteroatoms. The average molecular weight is 302 g/mol. The summed E-state index contributed by atoms with van der Waals surface area (Å²) in [5, 5.41) is 3.01. The van der Waals surface area contributed by atoms with Gasteiger partial charge in [-0.25, -0.2) is 0 Å². The summed E-state index contributed by atoms with van der Waals surface area (Å²) < 4.78 is 45.5. The zero-order valence-electron chi connectivity index (χ0n) is 12.3. The highest BCUT2D eigenvalue weighted by atomic mass is 19.4. The van der Waals surface area contributed by atoms with Gasteiger partial charge in [-0.2, -0.15) is 13.2 Å². The normalized spacial score (nSPS) is 24.2. The zero-order chi connectivity index (χ0) is 15.5. The number of alkyl halides is 3. The van der Waals surface area contributed by atoms with Crippen molar-refractivity contribution in [1.29, 1.82) is 0 Å². The van der Waals surface area contributed by atoms with Crippen LogP contribution in [0.15, 0.2) is 24.3 Å². The Morgan fingerprint density at radius 1 is 1.33 bits per heavy atom. The highest BCUT2D eigenvalue weighted by Gasteiger charge is 2.40. The quantitative estimate of drug-likeness (QED) is 0.925. The summed E-state index contributed by atoms with van der Waals surface area (Å²) in [6.07, 6.45) is -4.63. The van der Waals surface area contributed by atoms with E-state index in [-0.39, 0.29) is 12.1 Å². The summed E-state index contributed by atoms with van der Waals surface area (Å²) >= 11 is 0. The molecule has 1 aliphatic rings. The molecule has 118 valence electrons. The SMILES string of the molecule is CCN1CCOC(CNC)C1c1ccccc1C(F)(F)F. The van der Waals surface area contributed by atoms with Crippen molar-refractivity contribution < 1.29 is 17.9 Å².